The molecule has 1 atom stereocenters. The third-order valence-electron chi connectivity index (χ3n) is 5.21. The van der Waals surface area contributed by atoms with Gasteiger partial charge in [0, 0.05) is 35.9 Å². The molecular weight excluding hydrogens is 370 g/mol. The maximum Gasteiger partial charge on any atom is 0.254 e. The summed E-state index contributed by atoms with van der Waals surface area (Å²) in [4.78, 5) is 31.5. The first-order chi connectivity index (χ1) is 13.3. The highest BCUT2D eigenvalue weighted by molar-refractivity contribution is 7.09. The van der Waals surface area contributed by atoms with Gasteiger partial charge in [-0.05, 0) is 38.3 Å². The van der Waals surface area contributed by atoms with Crippen LogP contribution in [0, 0.1) is 19.8 Å². The second-order valence-electron chi connectivity index (χ2n) is 7.96. The van der Waals surface area contributed by atoms with Crippen molar-refractivity contribution in [2.45, 2.75) is 53.0 Å². The second-order valence-corrected chi connectivity index (χ2v) is 8.85. The van der Waals surface area contributed by atoms with Crippen LogP contribution in [0.25, 0.3) is 0 Å². The number of hydrogen-bond acceptors (Lipinski definition) is 4. The van der Waals surface area contributed by atoms with Crippen LogP contribution in [0.2, 0.25) is 0 Å². The van der Waals surface area contributed by atoms with Gasteiger partial charge in [-0.2, -0.15) is 0 Å². The van der Waals surface area contributed by atoms with E-state index in [1.165, 1.54) is 5.56 Å². The highest BCUT2D eigenvalue weighted by atomic mass is 32.1. The molecule has 1 fully saturated rings. The third-order valence-corrected chi connectivity index (χ3v) is 6.26. The second kappa shape index (κ2) is 8.86. The van der Waals surface area contributed by atoms with Gasteiger partial charge in [0.2, 0.25) is 5.91 Å². The van der Waals surface area contributed by atoms with Gasteiger partial charge in [-0.1, -0.05) is 31.5 Å². The van der Waals surface area contributed by atoms with Crippen LogP contribution < -0.4 is 5.32 Å². The molecule has 0 saturated carbocycles. The number of nitrogens with zero attached hydrogens (tertiary/aromatic N) is 2. The van der Waals surface area contributed by atoms with Gasteiger partial charge in [-0.15, -0.1) is 11.3 Å². The molecule has 2 aromatic rings. The number of carbonyl (C=O) groups excluding carboxylic acids is 2. The number of aryl methyl sites for hydroxylation is 2. The van der Waals surface area contributed by atoms with Gasteiger partial charge in [-0.25, -0.2) is 4.98 Å². The maximum absolute atomic E-state index is 13.0. The van der Waals surface area contributed by atoms with E-state index in [2.05, 4.69) is 11.4 Å². The van der Waals surface area contributed by atoms with E-state index in [1.807, 2.05) is 50.1 Å². The normalized spacial score (nSPS) is 17.0. The number of hydrogen-bond donors (Lipinski definition) is 1. The van der Waals surface area contributed by atoms with Crippen molar-refractivity contribution < 1.29 is 9.59 Å². The van der Waals surface area contributed by atoms with Crippen LogP contribution in [0.15, 0.2) is 23.6 Å². The fraction of sp³-hybridized carbons (Fsp3) is 0.500. The van der Waals surface area contributed by atoms with Crippen LogP contribution in [-0.2, 0) is 11.3 Å². The average Bonchev–Trinajstić information content (AvgIpc) is 3.14. The zero-order valence-electron chi connectivity index (χ0n) is 17.1. The number of rotatable bonds is 5. The molecule has 0 aliphatic carbocycles. The Balaban J connectivity index is 1.65. The first-order valence-electron chi connectivity index (χ1n) is 9.93. The van der Waals surface area contributed by atoms with Gasteiger partial charge in [-0.3, -0.25) is 9.59 Å². The predicted octanol–water partition coefficient (Wildman–Crippen LogP) is 4.05. The molecule has 28 heavy (non-hydrogen) atoms. The molecule has 1 aliphatic rings. The van der Waals surface area contributed by atoms with E-state index in [0.29, 0.717) is 13.1 Å². The van der Waals surface area contributed by atoms with Crippen molar-refractivity contribution >= 4 is 23.2 Å². The summed E-state index contributed by atoms with van der Waals surface area (Å²) in [5, 5.41) is 5.99. The number of nitrogens with one attached hydrogen (secondary N) is 1. The van der Waals surface area contributed by atoms with E-state index in [0.717, 1.165) is 41.2 Å². The Morgan fingerprint density at radius 3 is 2.82 bits per heavy atom. The predicted molar refractivity (Wildman–Crippen MR) is 113 cm³/mol. The number of aromatic nitrogens is 1. The van der Waals surface area contributed by atoms with E-state index in [9.17, 15) is 9.59 Å². The first-order valence-corrected chi connectivity index (χ1v) is 10.8. The molecule has 3 rings (SSSR count). The highest BCUT2D eigenvalue weighted by Crippen LogP contribution is 2.30. The molecule has 1 aromatic heterocycles. The Morgan fingerprint density at radius 1 is 1.32 bits per heavy atom. The minimum atomic E-state index is -0.0266. The Bertz CT molecular complexity index is 859. The topological polar surface area (TPSA) is 62.3 Å². The third kappa shape index (κ3) is 4.79. The number of benzene rings is 1. The van der Waals surface area contributed by atoms with Crippen molar-refractivity contribution in [2.24, 2.45) is 5.92 Å². The molecule has 150 valence electrons. The minimum absolute atomic E-state index is 0.0266. The number of thiazole rings is 1. The number of likely N-dealkylation sites (tertiary alicyclic amines) is 1. The molecule has 1 saturated heterocycles. The van der Waals surface area contributed by atoms with Gasteiger partial charge in [0.25, 0.3) is 5.91 Å². The summed E-state index contributed by atoms with van der Waals surface area (Å²) in [5.41, 5.74) is 3.89. The van der Waals surface area contributed by atoms with Gasteiger partial charge in [0.05, 0.1) is 17.2 Å². The molecule has 5 nitrogen and oxygen atoms in total. The number of piperidine rings is 1. The largest absolute Gasteiger partial charge is 0.350 e. The van der Waals surface area contributed by atoms with Crippen molar-refractivity contribution in [3.05, 3.63) is 51.0 Å². The Hall–Kier alpha value is -2.21. The Kier molecular flexibility index (Phi) is 6.50. The van der Waals surface area contributed by atoms with Crippen molar-refractivity contribution in [1.82, 2.24) is 15.2 Å². The summed E-state index contributed by atoms with van der Waals surface area (Å²) < 4.78 is 0. The van der Waals surface area contributed by atoms with E-state index in [1.54, 1.807) is 11.3 Å². The average molecular weight is 400 g/mol. The molecule has 1 N–H and O–H groups in total. The smallest absolute Gasteiger partial charge is 0.254 e. The monoisotopic (exact) mass is 399 g/mol. The van der Waals surface area contributed by atoms with Crippen molar-refractivity contribution in [3.8, 4) is 0 Å². The van der Waals surface area contributed by atoms with Crippen molar-refractivity contribution in [3.63, 3.8) is 0 Å². The summed E-state index contributed by atoms with van der Waals surface area (Å²) in [6.45, 7) is 9.77. The number of amides is 2. The summed E-state index contributed by atoms with van der Waals surface area (Å²) >= 11 is 1.63. The van der Waals surface area contributed by atoms with Crippen LogP contribution in [0.3, 0.4) is 0 Å². The molecule has 2 amide bonds. The van der Waals surface area contributed by atoms with Crippen LogP contribution >= 0.6 is 11.3 Å². The summed E-state index contributed by atoms with van der Waals surface area (Å²) in [6, 6.07) is 6.00. The molecule has 6 heteroatoms. The quantitative estimate of drug-likeness (QED) is 0.825. The van der Waals surface area contributed by atoms with Crippen LogP contribution in [0.1, 0.15) is 64.8 Å². The minimum Gasteiger partial charge on any atom is -0.350 e. The van der Waals surface area contributed by atoms with Crippen molar-refractivity contribution in [2.75, 3.05) is 13.1 Å². The molecular formula is C22H29N3O2S. The number of carbonyl (C=O) groups is 2. The fourth-order valence-electron chi connectivity index (χ4n) is 3.56. The Labute approximate surface area is 171 Å². The van der Waals surface area contributed by atoms with Gasteiger partial charge in [0.1, 0.15) is 0 Å². The summed E-state index contributed by atoms with van der Waals surface area (Å²) in [5.74, 6) is 0.393. The fourth-order valence-corrected chi connectivity index (χ4v) is 4.51. The molecule has 0 radical (unpaired) electrons. The summed E-state index contributed by atoms with van der Waals surface area (Å²) in [7, 11) is 0. The molecule has 0 spiro atoms. The lowest BCUT2D eigenvalue weighted by Crippen LogP contribution is -2.39. The molecule has 1 aromatic carbocycles. The van der Waals surface area contributed by atoms with Gasteiger partial charge < -0.3 is 10.2 Å². The molecule has 1 aliphatic heterocycles. The standard InChI is InChI=1S/C22H29N3O2S/c1-14(2)20(26)23-11-18-13-28-21(24-18)17-6-5-9-25(12-17)22(27)19-8-7-15(3)10-16(19)4/h7-8,10,13-14,17H,5-6,9,11-12H2,1-4H3,(H,23,26). The zero-order valence-corrected chi connectivity index (χ0v) is 17.9. The van der Waals surface area contributed by atoms with E-state index < -0.39 is 0 Å². The van der Waals surface area contributed by atoms with Crippen LogP contribution in [0.4, 0.5) is 0 Å². The highest BCUT2D eigenvalue weighted by Gasteiger charge is 2.28. The Morgan fingerprint density at radius 2 is 2.11 bits per heavy atom. The first kappa shape index (κ1) is 20.5. The van der Waals surface area contributed by atoms with Crippen molar-refractivity contribution in [1.29, 1.82) is 0 Å². The maximum atomic E-state index is 13.0. The summed E-state index contributed by atoms with van der Waals surface area (Å²) in [6.07, 6.45) is 2.03. The van der Waals surface area contributed by atoms with Gasteiger partial charge in [0.15, 0.2) is 0 Å². The van der Waals surface area contributed by atoms with E-state index in [-0.39, 0.29) is 23.7 Å². The van der Waals surface area contributed by atoms with Crippen LogP contribution in [-0.4, -0.2) is 34.8 Å². The van der Waals surface area contributed by atoms with Gasteiger partial charge >= 0.3 is 0 Å². The lowest BCUT2D eigenvalue weighted by molar-refractivity contribution is -0.124. The molecule has 0 bridgehead atoms. The SMILES string of the molecule is Cc1ccc(C(=O)N2CCCC(c3nc(CNC(=O)C(C)C)cs3)C2)c(C)c1. The molecule has 2 heterocycles. The lowest BCUT2D eigenvalue weighted by Gasteiger charge is -2.32. The molecule has 1 unspecified atom stereocenters. The van der Waals surface area contributed by atoms with Crippen LogP contribution in [0.5, 0.6) is 0 Å². The zero-order chi connectivity index (χ0) is 20.3. The van der Waals surface area contributed by atoms with E-state index >= 15 is 0 Å². The van der Waals surface area contributed by atoms with E-state index in [4.69, 9.17) is 4.98 Å². The lowest BCUT2D eigenvalue weighted by atomic mass is 9.97.